The van der Waals surface area contributed by atoms with Crippen LogP contribution in [0.5, 0.6) is 0 Å². The molecule has 0 aliphatic carbocycles. The first-order valence-corrected chi connectivity index (χ1v) is 7.80. The van der Waals surface area contributed by atoms with Crippen LogP contribution in [0.3, 0.4) is 0 Å². The van der Waals surface area contributed by atoms with Crippen LogP contribution in [-0.2, 0) is 9.53 Å². The molecule has 112 valence electrons. The van der Waals surface area contributed by atoms with Crippen molar-refractivity contribution in [2.45, 2.75) is 18.6 Å². The average molecular weight is 324 g/mol. The highest BCUT2D eigenvalue weighted by atomic mass is 32.2. The molecule has 1 saturated heterocycles. The van der Waals surface area contributed by atoms with Crippen LogP contribution in [0, 0.1) is 0 Å². The van der Waals surface area contributed by atoms with Crippen LogP contribution in [-0.4, -0.2) is 40.1 Å². The van der Waals surface area contributed by atoms with Crippen LogP contribution in [0.1, 0.15) is 23.7 Å². The van der Waals surface area contributed by atoms with Gasteiger partial charge < -0.3 is 10.1 Å². The summed E-state index contributed by atoms with van der Waals surface area (Å²) >= 11 is 6.63. The summed E-state index contributed by atoms with van der Waals surface area (Å²) in [5.74, 6) is -0.412. The molecular weight excluding hydrogens is 308 g/mol. The van der Waals surface area contributed by atoms with Gasteiger partial charge in [-0.2, -0.15) is 0 Å². The second-order valence-corrected chi connectivity index (χ2v) is 6.26. The molecule has 1 heterocycles. The van der Waals surface area contributed by atoms with Gasteiger partial charge in [-0.25, -0.2) is 4.79 Å². The normalized spacial score (nSPS) is 18.0. The van der Waals surface area contributed by atoms with E-state index in [4.69, 9.17) is 17.0 Å². The Bertz CT molecular complexity index is 577. The van der Waals surface area contributed by atoms with Crippen LogP contribution in [0.25, 0.3) is 0 Å². The fourth-order valence-electron chi connectivity index (χ4n) is 1.99. The van der Waals surface area contributed by atoms with Crippen molar-refractivity contribution in [3.63, 3.8) is 0 Å². The highest BCUT2D eigenvalue weighted by Crippen LogP contribution is 2.29. The molecule has 1 aliphatic rings. The lowest BCUT2D eigenvalue weighted by molar-refractivity contribution is -0.125. The lowest BCUT2D eigenvalue weighted by atomic mass is 10.2. The molecule has 0 bridgehead atoms. The number of thiocarbonyl (C=S) groups is 1. The van der Waals surface area contributed by atoms with E-state index < -0.39 is 5.97 Å². The van der Waals surface area contributed by atoms with Crippen molar-refractivity contribution in [3.05, 3.63) is 29.8 Å². The minimum Gasteiger partial charge on any atom is -0.465 e. The topological polar surface area (TPSA) is 58.6 Å². The van der Waals surface area contributed by atoms with E-state index in [1.165, 1.54) is 23.8 Å². The quantitative estimate of drug-likeness (QED) is 0.663. The molecule has 5 nitrogen and oxygen atoms in total. The van der Waals surface area contributed by atoms with Crippen LogP contribution >= 0.6 is 24.0 Å². The summed E-state index contributed by atoms with van der Waals surface area (Å²) in [4.78, 5) is 25.3. The van der Waals surface area contributed by atoms with Gasteiger partial charge in [0, 0.05) is 0 Å². The number of anilines is 1. The molecule has 1 N–H and O–H groups in total. The Morgan fingerprint density at radius 2 is 2.19 bits per heavy atom. The van der Waals surface area contributed by atoms with Gasteiger partial charge in [0.15, 0.2) is 0 Å². The molecule has 0 aromatic heterocycles. The molecule has 21 heavy (non-hydrogen) atoms. The van der Waals surface area contributed by atoms with Crippen molar-refractivity contribution >= 4 is 45.9 Å². The third-order valence-electron chi connectivity index (χ3n) is 3.14. The fraction of sp³-hybridized carbons (Fsp3) is 0.357. The molecule has 1 aliphatic heterocycles. The third kappa shape index (κ3) is 3.36. The maximum absolute atomic E-state index is 12.1. The van der Waals surface area contributed by atoms with Gasteiger partial charge in [0.1, 0.15) is 4.32 Å². The maximum Gasteiger partial charge on any atom is 0.339 e. The van der Waals surface area contributed by atoms with Gasteiger partial charge in [-0.15, -0.1) is 0 Å². The second-order valence-electron chi connectivity index (χ2n) is 4.42. The van der Waals surface area contributed by atoms with E-state index in [-0.39, 0.29) is 17.8 Å². The van der Waals surface area contributed by atoms with E-state index in [1.807, 2.05) is 13.0 Å². The van der Waals surface area contributed by atoms with Crippen molar-refractivity contribution in [2.75, 3.05) is 19.1 Å². The molecule has 0 spiro atoms. The number of rotatable bonds is 5. The molecule has 2 rings (SSSR count). The molecule has 1 fully saturated rings. The molecule has 1 atom stereocenters. The maximum atomic E-state index is 12.1. The predicted molar refractivity (Wildman–Crippen MR) is 87.4 cm³/mol. The number of nitrogens with one attached hydrogen (secondary N) is 1. The number of thioether (sulfide) groups is 1. The van der Waals surface area contributed by atoms with E-state index in [2.05, 4.69) is 5.32 Å². The monoisotopic (exact) mass is 324 g/mol. The van der Waals surface area contributed by atoms with Crippen LogP contribution in [0.4, 0.5) is 5.69 Å². The summed E-state index contributed by atoms with van der Waals surface area (Å²) in [6.45, 7) is 2.21. The molecule has 7 heteroatoms. The Balaban J connectivity index is 2.09. The number of methoxy groups -OCH3 is 1. The smallest absolute Gasteiger partial charge is 0.339 e. The van der Waals surface area contributed by atoms with Crippen molar-refractivity contribution < 1.29 is 14.3 Å². The van der Waals surface area contributed by atoms with Gasteiger partial charge in [0.25, 0.3) is 0 Å². The Labute approximate surface area is 133 Å². The average Bonchev–Trinajstić information content (AvgIpc) is 2.79. The summed E-state index contributed by atoms with van der Waals surface area (Å²) < 4.78 is 5.30. The van der Waals surface area contributed by atoms with Gasteiger partial charge in [-0.3, -0.25) is 9.69 Å². The molecule has 0 radical (unpaired) electrons. The Hall–Kier alpha value is -1.60. The zero-order chi connectivity index (χ0) is 15.4. The van der Waals surface area contributed by atoms with Crippen LogP contribution < -0.4 is 5.32 Å². The number of ether oxygens (including phenoxy) is 1. The third-order valence-corrected chi connectivity index (χ3v) is 4.89. The van der Waals surface area contributed by atoms with Crippen molar-refractivity contribution in [2.24, 2.45) is 0 Å². The summed E-state index contributed by atoms with van der Waals surface area (Å²) in [7, 11) is 1.33. The van der Waals surface area contributed by atoms with E-state index in [0.29, 0.717) is 15.6 Å². The number of hydrogen-bond donors (Lipinski definition) is 1. The highest BCUT2D eigenvalue weighted by Gasteiger charge is 2.35. The second kappa shape index (κ2) is 6.91. The first-order chi connectivity index (χ1) is 10.1. The molecule has 1 unspecified atom stereocenters. The number of esters is 1. The molecule has 1 aromatic rings. The Morgan fingerprint density at radius 1 is 1.48 bits per heavy atom. The molecule has 1 amide bonds. The SMILES string of the molecule is CCC1SC(=S)N(CNc2ccccc2C(=O)OC)C1=O. The predicted octanol–water partition coefficient (Wildman–Crippen LogP) is 2.48. The highest BCUT2D eigenvalue weighted by molar-refractivity contribution is 8.24. The van der Waals surface area contributed by atoms with E-state index in [0.717, 1.165) is 6.42 Å². The zero-order valence-electron chi connectivity index (χ0n) is 11.8. The first kappa shape index (κ1) is 15.8. The Morgan fingerprint density at radius 3 is 2.81 bits per heavy atom. The van der Waals surface area contributed by atoms with Crippen molar-refractivity contribution in [1.29, 1.82) is 0 Å². The molecular formula is C14H16N2O3S2. The zero-order valence-corrected chi connectivity index (χ0v) is 13.4. The number of amides is 1. The standard InChI is InChI=1S/C14H16N2O3S2/c1-3-11-12(17)16(14(20)21-11)8-15-10-7-5-4-6-9(10)13(18)19-2/h4-7,11,15H,3,8H2,1-2H3. The number of hydrogen-bond acceptors (Lipinski definition) is 6. The Kier molecular flexibility index (Phi) is 5.19. The largest absolute Gasteiger partial charge is 0.465 e. The van der Waals surface area contributed by atoms with Crippen molar-refractivity contribution in [3.8, 4) is 0 Å². The number of nitrogens with zero attached hydrogens (tertiary/aromatic N) is 1. The number of benzene rings is 1. The fourth-order valence-corrected chi connectivity index (χ4v) is 3.41. The lowest BCUT2D eigenvalue weighted by Crippen LogP contribution is -2.35. The lowest BCUT2D eigenvalue weighted by Gasteiger charge is -2.18. The van der Waals surface area contributed by atoms with Gasteiger partial charge in [-0.1, -0.05) is 43.0 Å². The summed E-state index contributed by atoms with van der Waals surface area (Å²) in [6.07, 6.45) is 0.749. The number of carbonyl (C=O) groups excluding carboxylic acids is 2. The van der Waals surface area contributed by atoms with Crippen LogP contribution in [0.2, 0.25) is 0 Å². The number of para-hydroxylation sites is 1. The van der Waals surface area contributed by atoms with Crippen LogP contribution in [0.15, 0.2) is 24.3 Å². The minimum atomic E-state index is -0.422. The van der Waals surface area contributed by atoms with Gasteiger partial charge in [-0.05, 0) is 18.6 Å². The van der Waals surface area contributed by atoms with Gasteiger partial charge in [0.05, 0.1) is 30.3 Å². The minimum absolute atomic E-state index is 0.00977. The molecule has 0 saturated carbocycles. The van der Waals surface area contributed by atoms with Gasteiger partial charge >= 0.3 is 5.97 Å². The summed E-state index contributed by atoms with van der Waals surface area (Å²) in [5, 5.41) is 2.98. The summed E-state index contributed by atoms with van der Waals surface area (Å²) in [5.41, 5.74) is 1.04. The molecule has 1 aromatic carbocycles. The number of carbonyl (C=O) groups is 2. The van der Waals surface area contributed by atoms with E-state index in [9.17, 15) is 9.59 Å². The van der Waals surface area contributed by atoms with E-state index >= 15 is 0 Å². The summed E-state index contributed by atoms with van der Waals surface area (Å²) in [6, 6.07) is 7.00. The first-order valence-electron chi connectivity index (χ1n) is 6.51. The van der Waals surface area contributed by atoms with Gasteiger partial charge in [0.2, 0.25) is 5.91 Å². The van der Waals surface area contributed by atoms with E-state index in [1.54, 1.807) is 18.2 Å². The van der Waals surface area contributed by atoms with Crippen molar-refractivity contribution in [1.82, 2.24) is 4.90 Å².